The number of carbonyl (C=O) groups excluding carboxylic acids is 1. The van der Waals surface area contributed by atoms with Crippen LogP contribution in [0.1, 0.15) is 15.9 Å². The van der Waals surface area contributed by atoms with Crippen LogP contribution in [0.5, 0.6) is 0 Å². The summed E-state index contributed by atoms with van der Waals surface area (Å²) in [6.07, 6.45) is 3.85. The summed E-state index contributed by atoms with van der Waals surface area (Å²) < 4.78 is 2.87. The van der Waals surface area contributed by atoms with Crippen LogP contribution in [0.15, 0.2) is 53.3 Å². The van der Waals surface area contributed by atoms with E-state index in [0.29, 0.717) is 6.54 Å². The van der Waals surface area contributed by atoms with Crippen molar-refractivity contribution in [3.05, 3.63) is 64.4 Å². The Labute approximate surface area is 109 Å². The molecule has 0 saturated carbocycles. The van der Waals surface area contributed by atoms with E-state index in [1.807, 2.05) is 60.3 Å². The lowest BCUT2D eigenvalue weighted by Crippen LogP contribution is -2.37. The van der Waals surface area contributed by atoms with Gasteiger partial charge in [0.2, 0.25) is 12.3 Å². The minimum Gasteiger partial charge on any atom is -0.287 e. The Hall–Kier alpha value is -1.48. The summed E-state index contributed by atoms with van der Waals surface area (Å²) in [4.78, 5) is 12.0. The Morgan fingerprint density at radius 3 is 2.29 bits per heavy atom. The first-order valence-corrected chi connectivity index (χ1v) is 6.19. The average molecular weight is 291 g/mol. The number of Topliss-reactive ketones (excluding diaryl/α,β-unsaturated/α-hetero) is 1. The van der Waals surface area contributed by atoms with Crippen molar-refractivity contribution >= 4 is 21.7 Å². The Balaban J connectivity index is 2.11. The number of nitrogens with zero attached hydrogens (tertiary/aromatic N) is 1. The van der Waals surface area contributed by atoms with Crippen LogP contribution in [0.4, 0.5) is 0 Å². The zero-order valence-corrected chi connectivity index (χ0v) is 11.1. The van der Waals surface area contributed by atoms with Gasteiger partial charge in [0, 0.05) is 22.2 Å². The van der Waals surface area contributed by atoms with Gasteiger partial charge in [-0.05, 0) is 24.6 Å². The minimum atomic E-state index is 0.117. The fraction of sp³-hybridized carbons (Fsp3) is 0.143. The molecule has 1 heterocycles. The van der Waals surface area contributed by atoms with E-state index in [0.717, 1.165) is 10.0 Å². The van der Waals surface area contributed by atoms with Gasteiger partial charge in [-0.3, -0.25) is 4.79 Å². The molecule has 17 heavy (non-hydrogen) atoms. The number of halogens is 1. The predicted molar refractivity (Wildman–Crippen MR) is 69.8 cm³/mol. The minimum absolute atomic E-state index is 0.117. The first-order valence-electron chi connectivity index (χ1n) is 5.39. The SMILES string of the molecule is Cc1cc[n+](CC(=O)c2ccc(Br)cc2)cc1. The number of pyridine rings is 1. The highest BCUT2D eigenvalue weighted by Gasteiger charge is 2.11. The first-order chi connectivity index (χ1) is 8.15. The molecule has 2 nitrogen and oxygen atoms in total. The van der Waals surface area contributed by atoms with Gasteiger partial charge in [0.25, 0.3) is 0 Å². The van der Waals surface area contributed by atoms with Crippen LogP contribution >= 0.6 is 15.9 Å². The molecule has 0 atom stereocenters. The summed E-state index contributed by atoms with van der Waals surface area (Å²) in [5.74, 6) is 0.117. The lowest BCUT2D eigenvalue weighted by atomic mass is 10.1. The molecule has 0 unspecified atom stereocenters. The van der Waals surface area contributed by atoms with E-state index < -0.39 is 0 Å². The van der Waals surface area contributed by atoms with E-state index in [1.165, 1.54) is 5.56 Å². The number of aryl methyl sites for hydroxylation is 1. The fourth-order valence-electron chi connectivity index (χ4n) is 1.53. The third-order valence-electron chi connectivity index (χ3n) is 2.55. The van der Waals surface area contributed by atoms with Gasteiger partial charge in [-0.15, -0.1) is 0 Å². The summed E-state index contributed by atoms with van der Waals surface area (Å²) in [5.41, 5.74) is 1.93. The Morgan fingerprint density at radius 2 is 1.71 bits per heavy atom. The summed E-state index contributed by atoms with van der Waals surface area (Å²) in [6, 6.07) is 11.4. The van der Waals surface area contributed by atoms with Gasteiger partial charge in [-0.2, -0.15) is 4.57 Å². The van der Waals surface area contributed by atoms with Crippen LogP contribution in [0.3, 0.4) is 0 Å². The van der Waals surface area contributed by atoms with Gasteiger partial charge in [0.1, 0.15) is 0 Å². The summed E-state index contributed by atoms with van der Waals surface area (Å²) in [5, 5.41) is 0. The van der Waals surface area contributed by atoms with E-state index >= 15 is 0 Å². The molecule has 0 bridgehead atoms. The third kappa shape index (κ3) is 3.24. The predicted octanol–water partition coefficient (Wildman–Crippen LogP) is 2.93. The number of aromatic nitrogens is 1. The Kier molecular flexibility index (Phi) is 3.69. The molecule has 0 saturated heterocycles. The summed E-state index contributed by atoms with van der Waals surface area (Å²) in [7, 11) is 0. The van der Waals surface area contributed by atoms with E-state index in [9.17, 15) is 4.79 Å². The number of carbonyl (C=O) groups is 1. The smallest absolute Gasteiger partial charge is 0.227 e. The van der Waals surface area contributed by atoms with Crippen molar-refractivity contribution in [2.45, 2.75) is 13.5 Å². The number of hydrogen-bond acceptors (Lipinski definition) is 1. The zero-order chi connectivity index (χ0) is 12.3. The van der Waals surface area contributed by atoms with Crippen molar-refractivity contribution in [3.63, 3.8) is 0 Å². The van der Waals surface area contributed by atoms with Gasteiger partial charge < -0.3 is 0 Å². The van der Waals surface area contributed by atoms with Crippen LogP contribution in [0, 0.1) is 6.92 Å². The van der Waals surface area contributed by atoms with Crippen molar-refractivity contribution in [2.75, 3.05) is 0 Å². The van der Waals surface area contributed by atoms with Crippen molar-refractivity contribution in [1.29, 1.82) is 0 Å². The van der Waals surface area contributed by atoms with E-state index in [1.54, 1.807) is 0 Å². The second kappa shape index (κ2) is 5.23. The van der Waals surface area contributed by atoms with E-state index in [4.69, 9.17) is 0 Å². The number of benzene rings is 1. The largest absolute Gasteiger partial charge is 0.287 e. The molecule has 0 aliphatic carbocycles. The average Bonchev–Trinajstić information content (AvgIpc) is 2.33. The molecule has 0 aliphatic rings. The maximum atomic E-state index is 12.0. The van der Waals surface area contributed by atoms with E-state index in [-0.39, 0.29) is 5.78 Å². The molecule has 0 fully saturated rings. The molecule has 86 valence electrons. The molecule has 0 radical (unpaired) electrons. The fourth-order valence-corrected chi connectivity index (χ4v) is 1.79. The second-order valence-electron chi connectivity index (χ2n) is 3.98. The molecule has 0 spiro atoms. The normalized spacial score (nSPS) is 10.2. The zero-order valence-electron chi connectivity index (χ0n) is 9.56. The number of rotatable bonds is 3. The van der Waals surface area contributed by atoms with Crippen LogP contribution in [-0.2, 0) is 6.54 Å². The van der Waals surface area contributed by atoms with Crippen LogP contribution in [0.25, 0.3) is 0 Å². The van der Waals surface area contributed by atoms with Gasteiger partial charge >= 0.3 is 0 Å². The van der Waals surface area contributed by atoms with Gasteiger partial charge in [-0.25, -0.2) is 0 Å². The molecule has 0 N–H and O–H groups in total. The van der Waals surface area contributed by atoms with Crippen molar-refractivity contribution in [3.8, 4) is 0 Å². The van der Waals surface area contributed by atoms with Crippen molar-refractivity contribution in [2.24, 2.45) is 0 Å². The molecule has 1 aromatic carbocycles. The van der Waals surface area contributed by atoms with Crippen LogP contribution in [-0.4, -0.2) is 5.78 Å². The van der Waals surface area contributed by atoms with Gasteiger partial charge in [-0.1, -0.05) is 28.1 Å². The third-order valence-corrected chi connectivity index (χ3v) is 3.08. The van der Waals surface area contributed by atoms with Crippen LogP contribution < -0.4 is 4.57 Å². The van der Waals surface area contributed by atoms with Crippen molar-refractivity contribution in [1.82, 2.24) is 0 Å². The topological polar surface area (TPSA) is 20.9 Å². The highest BCUT2D eigenvalue weighted by atomic mass is 79.9. The van der Waals surface area contributed by atoms with Gasteiger partial charge in [0.05, 0.1) is 0 Å². The Morgan fingerprint density at radius 1 is 1.12 bits per heavy atom. The highest BCUT2D eigenvalue weighted by molar-refractivity contribution is 9.10. The molecule has 1 aromatic heterocycles. The molecule has 0 aliphatic heterocycles. The monoisotopic (exact) mass is 290 g/mol. The molecular weight excluding hydrogens is 278 g/mol. The first kappa shape index (κ1) is 12.0. The second-order valence-corrected chi connectivity index (χ2v) is 4.89. The molecular formula is C14H13BrNO+. The highest BCUT2D eigenvalue weighted by Crippen LogP contribution is 2.10. The lowest BCUT2D eigenvalue weighted by Gasteiger charge is -1.99. The van der Waals surface area contributed by atoms with Crippen molar-refractivity contribution < 1.29 is 9.36 Å². The number of ketones is 1. The molecule has 3 heteroatoms. The molecule has 0 amide bonds. The van der Waals surface area contributed by atoms with Gasteiger partial charge in [0.15, 0.2) is 12.4 Å². The Bertz CT molecular complexity index is 517. The molecule has 2 rings (SSSR count). The lowest BCUT2D eigenvalue weighted by molar-refractivity contribution is -0.683. The summed E-state index contributed by atoms with van der Waals surface area (Å²) in [6.45, 7) is 2.41. The standard InChI is InChI=1S/C14H13BrNO/c1-11-6-8-16(9-7-11)10-14(17)12-2-4-13(15)5-3-12/h2-9H,10H2,1H3/q+1. The molecule has 2 aromatic rings. The maximum absolute atomic E-state index is 12.0. The maximum Gasteiger partial charge on any atom is 0.227 e. The summed E-state index contributed by atoms with van der Waals surface area (Å²) >= 11 is 3.35. The number of hydrogen-bond donors (Lipinski definition) is 0. The van der Waals surface area contributed by atoms with Crippen LogP contribution in [0.2, 0.25) is 0 Å². The van der Waals surface area contributed by atoms with E-state index in [2.05, 4.69) is 15.9 Å². The quantitative estimate of drug-likeness (QED) is 0.629.